The molecule has 0 unspecified atom stereocenters. The smallest absolute Gasteiger partial charge is 0.326 e. The Morgan fingerprint density at radius 3 is 2.78 bits per heavy atom. The van der Waals surface area contributed by atoms with Crippen LogP contribution in [0.15, 0.2) is 34.7 Å². The Kier molecular flexibility index (Phi) is 4.36. The van der Waals surface area contributed by atoms with Crippen molar-refractivity contribution in [3.8, 4) is 11.5 Å². The number of rotatable bonds is 5. The quantitative estimate of drug-likeness (QED) is 0.903. The van der Waals surface area contributed by atoms with E-state index in [1.165, 1.54) is 4.90 Å². The minimum atomic E-state index is -0.944. The molecule has 1 aliphatic heterocycles. The number of carboxylic acid groups (broad SMARTS) is 1. The summed E-state index contributed by atoms with van der Waals surface area (Å²) in [5.74, 6) is -0.338. The van der Waals surface area contributed by atoms with E-state index in [2.05, 4.69) is 10.2 Å². The highest BCUT2D eigenvalue weighted by molar-refractivity contribution is 5.84. The molecule has 0 aliphatic carbocycles. The van der Waals surface area contributed by atoms with Crippen LogP contribution in [0.5, 0.6) is 0 Å². The first-order valence-electron chi connectivity index (χ1n) is 7.55. The lowest BCUT2D eigenvalue weighted by Crippen LogP contribution is -2.40. The average molecular weight is 315 g/mol. The maximum Gasteiger partial charge on any atom is 0.326 e. The number of carboxylic acids is 1. The third-order valence-corrected chi connectivity index (χ3v) is 3.90. The van der Waals surface area contributed by atoms with Gasteiger partial charge < -0.3 is 14.4 Å². The topological polar surface area (TPSA) is 96.5 Å². The number of hydrogen-bond acceptors (Lipinski definition) is 5. The molecule has 1 saturated heterocycles. The van der Waals surface area contributed by atoms with Gasteiger partial charge in [-0.3, -0.25) is 4.79 Å². The number of benzene rings is 1. The van der Waals surface area contributed by atoms with Crippen molar-refractivity contribution in [3.05, 3.63) is 36.2 Å². The molecule has 0 radical (unpaired) electrons. The first-order chi connectivity index (χ1) is 11.1. The fraction of sp³-hybridized carbons (Fsp3) is 0.375. The van der Waals surface area contributed by atoms with Crippen LogP contribution >= 0.6 is 0 Å². The molecule has 1 aromatic carbocycles. The molecule has 0 spiro atoms. The fourth-order valence-corrected chi connectivity index (χ4v) is 2.73. The molecule has 2 heterocycles. The van der Waals surface area contributed by atoms with Gasteiger partial charge >= 0.3 is 5.97 Å². The van der Waals surface area contributed by atoms with Crippen LogP contribution < -0.4 is 0 Å². The van der Waals surface area contributed by atoms with Crippen molar-refractivity contribution in [2.24, 2.45) is 0 Å². The summed E-state index contributed by atoms with van der Waals surface area (Å²) in [5.41, 5.74) is 0.822. The number of aromatic nitrogens is 2. The van der Waals surface area contributed by atoms with Crippen LogP contribution in [-0.2, 0) is 16.0 Å². The number of aliphatic carboxylic acids is 1. The normalized spacial score (nSPS) is 17.4. The largest absolute Gasteiger partial charge is 0.480 e. The summed E-state index contributed by atoms with van der Waals surface area (Å²) in [6.07, 6.45) is 1.71. The van der Waals surface area contributed by atoms with Crippen molar-refractivity contribution >= 4 is 11.9 Å². The highest BCUT2D eigenvalue weighted by atomic mass is 16.4. The van der Waals surface area contributed by atoms with E-state index < -0.39 is 12.0 Å². The van der Waals surface area contributed by atoms with Gasteiger partial charge in [0.25, 0.3) is 0 Å². The first-order valence-corrected chi connectivity index (χ1v) is 7.55. The third kappa shape index (κ3) is 3.39. The van der Waals surface area contributed by atoms with Crippen molar-refractivity contribution in [1.29, 1.82) is 0 Å². The summed E-state index contributed by atoms with van der Waals surface area (Å²) in [6.45, 7) is 0.495. The number of carbonyl (C=O) groups excluding carboxylic acids is 1. The van der Waals surface area contributed by atoms with Crippen molar-refractivity contribution in [2.45, 2.75) is 31.7 Å². The zero-order chi connectivity index (χ0) is 16.2. The van der Waals surface area contributed by atoms with Gasteiger partial charge in [-0.15, -0.1) is 10.2 Å². The molecule has 7 nitrogen and oxygen atoms in total. The third-order valence-electron chi connectivity index (χ3n) is 3.90. The van der Waals surface area contributed by atoms with Crippen LogP contribution in [0.25, 0.3) is 11.5 Å². The number of likely N-dealkylation sites (tertiary alicyclic amines) is 1. The second-order valence-corrected chi connectivity index (χ2v) is 5.45. The van der Waals surface area contributed by atoms with Gasteiger partial charge in [-0.2, -0.15) is 0 Å². The molecule has 7 heteroatoms. The number of hydrogen-bond donors (Lipinski definition) is 1. The predicted octanol–water partition coefficient (Wildman–Crippen LogP) is 1.74. The molecule has 23 heavy (non-hydrogen) atoms. The molecule has 0 bridgehead atoms. The maximum absolute atomic E-state index is 12.2. The summed E-state index contributed by atoms with van der Waals surface area (Å²) in [7, 11) is 0. The summed E-state index contributed by atoms with van der Waals surface area (Å²) in [5, 5.41) is 17.0. The Bertz CT molecular complexity index is 698. The molecule has 1 N–H and O–H groups in total. The van der Waals surface area contributed by atoms with E-state index >= 15 is 0 Å². The Balaban J connectivity index is 1.60. The molecule has 3 rings (SSSR count). The van der Waals surface area contributed by atoms with Crippen LogP contribution in [0.2, 0.25) is 0 Å². The summed E-state index contributed by atoms with van der Waals surface area (Å²) >= 11 is 0. The Hall–Kier alpha value is -2.70. The molecule has 1 amide bonds. The zero-order valence-corrected chi connectivity index (χ0v) is 12.5. The minimum absolute atomic E-state index is 0.167. The maximum atomic E-state index is 12.2. The average Bonchev–Trinajstić information content (AvgIpc) is 3.23. The summed E-state index contributed by atoms with van der Waals surface area (Å²) in [4.78, 5) is 24.7. The van der Waals surface area contributed by atoms with E-state index in [9.17, 15) is 9.59 Å². The minimum Gasteiger partial charge on any atom is -0.480 e. The molecule has 2 aromatic rings. The zero-order valence-electron chi connectivity index (χ0n) is 12.5. The van der Waals surface area contributed by atoms with Gasteiger partial charge in [-0.25, -0.2) is 4.79 Å². The van der Waals surface area contributed by atoms with Crippen molar-refractivity contribution in [3.63, 3.8) is 0 Å². The summed E-state index contributed by atoms with van der Waals surface area (Å²) in [6, 6.07) is 8.68. The Labute approximate surface area is 132 Å². The fourth-order valence-electron chi connectivity index (χ4n) is 2.73. The molecule has 120 valence electrons. The van der Waals surface area contributed by atoms with Crippen molar-refractivity contribution in [1.82, 2.24) is 15.1 Å². The molecule has 1 fully saturated rings. The lowest BCUT2D eigenvalue weighted by Gasteiger charge is -2.20. The standard InChI is InChI=1S/C16H17N3O4/c20-14(19-10-4-7-12(19)16(21)22)9-8-13-17-18-15(23-13)11-5-2-1-3-6-11/h1-3,5-6,12H,4,7-10H2,(H,21,22)/t12-/m1/s1. The second kappa shape index (κ2) is 6.60. The van der Waals surface area contributed by atoms with E-state index in [4.69, 9.17) is 9.52 Å². The van der Waals surface area contributed by atoms with Gasteiger partial charge in [-0.1, -0.05) is 18.2 Å². The van der Waals surface area contributed by atoms with Gasteiger partial charge in [0.1, 0.15) is 6.04 Å². The highest BCUT2D eigenvalue weighted by Gasteiger charge is 2.33. The van der Waals surface area contributed by atoms with Gasteiger partial charge in [0.2, 0.25) is 17.7 Å². The number of nitrogens with zero attached hydrogens (tertiary/aromatic N) is 3. The van der Waals surface area contributed by atoms with Crippen LogP contribution in [-0.4, -0.2) is 44.7 Å². The SMILES string of the molecule is O=C(O)[C@H]1CCCN1C(=O)CCc1nnc(-c2ccccc2)o1. The van der Waals surface area contributed by atoms with Crippen molar-refractivity contribution < 1.29 is 19.1 Å². The van der Waals surface area contributed by atoms with E-state index in [0.717, 1.165) is 12.0 Å². The lowest BCUT2D eigenvalue weighted by molar-refractivity contribution is -0.148. The van der Waals surface area contributed by atoms with Gasteiger partial charge in [0, 0.05) is 24.9 Å². The molecule has 1 atom stereocenters. The van der Waals surface area contributed by atoms with Crippen molar-refractivity contribution in [2.75, 3.05) is 6.54 Å². The van der Waals surface area contributed by atoms with Gasteiger partial charge in [0.05, 0.1) is 0 Å². The summed E-state index contributed by atoms with van der Waals surface area (Å²) < 4.78 is 5.55. The van der Waals surface area contributed by atoms with Crippen LogP contribution in [0.4, 0.5) is 0 Å². The van der Waals surface area contributed by atoms with Crippen LogP contribution in [0.1, 0.15) is 25.2 Å². The monoisotopic (exact) mass is 315 g/mol. The molecular weight excluding hydrogens is 298 g/mol. The van der Waals surface area contributed by atoms with Crippen LogP contribution in [0.3, 0.4) is 0 Å². The first kappa shape index (κ1) is 15.2. The van der Waals surface area contributed by atoms with E-state index in [1.54, 1.807) is 0 Å². The molecule has 1 aliphatic rings. The molecular formula is C16H17N3O4. The number of carbonyl (C=O) groups is 2. The van der Waals surface area contributed by atoms with Gasteiger partial charge in [-0.05, 0) is 25.0 Å². The molecule has 0 saturated carbocycles. The van der Waals surface area contributed by atoms with E-state index in [1.807, 2.05) is 30.3 Å². The van der Waals surface area contributed by atoms with Gasteiger partial charge in [0.15, 0.2) is 0 Å². The molecule has 1 aromatic heterocycles. The highest BCUT2D eigenvalue weighted by Crippen LogP contribution is 2.20. The number of aryl methyl sites for hydroxylation is 1. The second-order valence-electron chi connectivity index (χ2n) is 5.45. The Morgan fingerprint density at radius 1 is 1.26 bits per heavy atom. The Morgan fingerprint density at radius 2 is 2.04 bits per heavy atom. The van der Waals surface area contributed by atoms with Crippen LogP contribution in [0, 0.1) is 0 Å². The van der Waals surface area contributed by atoms with E-state index in [-0.39, 0.29) is 12.3 Å². The van der Waals surface area contributed by atoms with E-state index in [0.29, 0.717) is 31.2 Å². The lowest BCUT2D eigenvalue weighted by atomic mass is 10.2. The number of amides is 1. The predicted molar refractivity (Wildman–Crippen MR) is 80.4 cm³/mol.